The maximum absolute atomic E-state index is 13.5. The molecule has 4 fully saturated rings. The van der Waals surface area contributed by atoms with Crippen LogP contribution in [0.5, 0.6) is 0 Å². The molecule has 1 heterocycles. The zero-order valence-electron chi connectivity index (χ0n) is 16.7. The van der Waals surface area contributed by atoms with Crippen molar-refractivity contribution in [1.29, 1.82) is 0 Å². The molecule has 6 heteroatoms. The Hall–Kier alpha value is -2.21. The maximum atomic E-state index is 13.5. The van der Waals surface area contributed by atoms with Gasteiger partial charge in [0.25, 0.3) is 0 Å². The van der Waals surface area contributed by atoms with Crippen LogP contribution in [-0.4, -0.2) is 16.8 Å². The lowest BCUT2D eigenvalue weighted by atomic mass is 9.42. The number of aromatic nitrogens is 1. The van der Waals surface area contributed by atoms with Gasteiger partial charge in [0.1, 0.15) is 0 Å². The summed E-state index contributed by atoms with van der Waals surface area (Å²) in [5, 5.41) is 5.46. The normalized spacial score (nSPS) is 32.3. The quantitative estimate of drug-likeness (QED) is 0.784. The minimum absolute atomic E-state index is 0.109. The van der Waals surface area contributed by atoms with Crippen molar-refractivity contribution in [1.82, 2.24) is 4.98 Å². The number of amides is 2. The van der Waals surface area contributed by atoms with E-state index in [1.54, 1.807) is 5.38 Å². The van der Waals surface area contributed by atoms with Gasteiger partial charge in [0.15, 0.2) is 5.13 Å². The van der Waals surface area contributed by atoms with E-state index in [-0.39, 0.29) is 23.2 Å². The highest BCUT2D eigenvalue weighted by atomic mass is 32.1. The van der Waals surface area contributed by atoms with Gasteiger partial charge in [0.2, 0.25) is 11.8 Å². The van der Waals surface area contributed by atoms with E-state index in [0.29, 0.717) is 22.7 Å². The maximum Gasteiger partial charge on any atom is 0.232 e. The SMILES string of the molecule is Cc1ccc(C23CC4CC(CC(C(=O)Nc5nc(CC(N)=O)cs5)(C4)C2)C3)cc1. The largest absolute Gasteiger partial charge is 0.369 e. The van der Waals surface area contributed by atoms with Gasteiger partial charge < -0.3 is 11.1 Å². The molecule has 4 saturated carbocycles. The number of nitrogens with zero attached hydrogens (tertiary/aromatic N) is 1. The Labute approximate surface area is 175 Å². The topological polar surface area (TPSA) is 85.1 Å². The highest BCUT2D eigenvalue weighted by Gasteiger charge is 2.61. The van der Waals surface area contributed by atoms with Gasteiger partial charge >= 0.3 is 0 Å². The molecule has 4 aliphatic carbocycles. The van der Waals surface area contributed by atoms with E-state index < -0.39 is 5.91 Å². The summed E-state index contributed by atoms with van der Waals surface area (Å²) in [6, 6.07) is 8.98. The molecule has 29 heavy (non-hydrogen) atoms. The lowest BCUT2D eigenvalue weighted by Gasteiger charge is -2.61. The van der Waals surface area contributed by atoms with E-state index in [1.165, 1.54) is 41.7 Å². The summed E-state index contributed by atoms with van der Waals surface area (Å²) in [5.41, 5.74) is 8.40. The second kappa shape index (κ2) is 6.66. The predicted octanol–water partition coefficient (Wildman–Crippen LogP) is 3.96. The van der Waals surface area contributed by atoms with E-state index in [2.05, 4.69) is 41.5 Å². The van der Waals surface area contributed by atoms with Crippen molar-refractivity contribution in [3.8, 4) is 0 Å². The summed E-state index contributed by atoms with van der Waals surface area (Å²) in [7, 11) is 0. The molecule has 152 valence electrons. The Kier molecular flexibility index (Phi) is 4.32. The molecule has 5 nitrogen and oxygen atoms in total. The van der Waals surface area contributed by atoms with E-state index in [9.17, 15) is 9.59 Å². The number of hydrogen-bond acceptors (Lipinski definition) is 4. The molecule has 2 amide bonds. The van der Waals surface area contributed by atoms with Crippen LogP contribution in [0.3, 0.4) is 0 Å². The van der Waals surface area contributed by atoms with Gasteiger partial charge in [0.05, 0.1) is 17.5 Å². The first-order chi connectivity index (χ1) is 13.9. The molecule has 3 N–H and O–H groups in total. The minimum Gasteiger partial charge on any atom is -0.369 e. The van der Waals surface area contributed by atoms with Gasteiger partial charge in [-0.1, -0.05) is 29.8 Å². The molecule has 0 aliphatic heterocycles. The predicted molar refractivity (Wildman–Crippen MR) is 114 cm³/mol. The Bertz CT molecular complexity index is 951. The zero-order chi connectivity index (χ0) is 20.2. The van der Waals surface area contributed by atoms with Crippen molar-refractivity contribution in [3.05, 3.63) is 46.5 Å². The Morgan fingerprint density at radius 3 is 2.52 bits per heavy atom. The van der Waals surface area contributed by atoms with Crippen LogP contribution in [-0.2, 0) is 21.4 Å². The second-order valence-corrected chi connectivity index (χ2v) is 10.5. The van der Waals surface area contributed by atoms with Crippen LogP contribution in [0.1, 0.15) is 55.3 Å². The third kappa shape index (κ3) is 3.27. The molecule has 1 aromatic heterocycles. The van der Waals surface area contributed by atoms with Gasteiger partial charge in [-0.3, -0.25) is 9.59 Å². The number of rotatable bonds is 5. The molecule has 6 rings (SSSR count). The summed E-state index contributed by atoms with van der Waals surface area (Å²) < 4.78 is 0. The molecular weight excluding hydrogens is 382 g/mol. The molecule has 0 saturated heterocycles. The molecule has 4 bridgehead atoms. The van der Waals surface area contributed by atoms with Crippen molar-refractivity contribution in [2.45, 2.75) is 57.3 Å². The number of carbonyl (C=O) groups excluding carboxylic acids is 2. The molecule has 0 spiro atoms. The van der Waals surface area contributed by atoms with Gasteiger partial charge in [-0.25, -0.2) is 4.98 Å². The molecule has 2 atom stereocenters. The molecule has 0 radical (unpaired) electrons. The van der Waals surface area contributed by atoms with Gasteiger partial charge in [-0.05, 0) is 68.3 Å². The summed E-state index contributed by atoms with van der Waals surface area (Å²) in [4.78, 5) is 29.0. The first-order valence-corrected chi connectivity index (χ1v) is 11.4. The zero-order valence-corrected chi connectivity index (χ0v) is 17.6. The Balaban J connectivity index is 1.41. The number of nitrogens with two attached hydrogens (primary N) is 1. The van der Waals surface area contributed by atoms with E-state index in [1.807, 2.05) is 0 Å². The first-order valence-electron chi connectivity index (χ1n) is 10.5. The lowest BCUT2D eigenvalue weighted by molar-refractivity contribution is -0.143. The van der Waals surface area contributed by atoms with Crippen LogP contribution in [0.25, 0.3) is 0 Å². The third-order valence-electron chi connectivity index (χ3n) is 7.33. The van der Waals surface area contributed by atoms with Crippen molar-refractivity contribution < 1.29 is 9.59 Å². The van der Waals surface area contributed by atoms with E-state index >= 15 is 0 Å². The fourth-order valence-corrected chi connectivity index (χ4v) is 7.33. The summed E-state index contributed by atoms with van der Waals surface area (Å²) in [6.07, 6.45) is 6.70. The van der Waals surface area contributed by atoms with Gasteiger partial charge in [0, 0.05) is 5.38 Å². The van der Waals surface area contributed by atoms with Gasteiger partial charge in [-0.15, -0.1) is 11.3 Å². The number of nitrogens with one attached hydrogen (secondary N) is 1. The number of benzene rings is 1. The van der Waals surface area contributed by atoms with Crippen LogP contribution in [0.4, 0.5) is 5.13 Å². The van der Waals surface area contributed by atoms with Crippen LogP contribution >= 0.6 is 11.3 Å². The number of anilines is 1. The smallest absolute Gasteiger partial charge is 0.232 e. The molecule has 4 aliphatic rings. The first kappa shape index (κ1) is 18.8. The van der Waals surface area contributed by atoms with Crippen molar-refractivity contribution >= 4 is 28.3 Å². The number of aryl methyl sites for hydroxylation is 1. The Morgan fingerprint density at radius 2 is 1.86 bits per heavy atom. The van der Waals surface area contributed by atoms with Crippen molar-refractivity contribution in [2.75, 3.05) is 5.32 Å². The minimum atomic E-state index is -0.408. The van der Waals surface area contributed by atoms with Crippen molar-refractivity contribution in [3.63, 3.8) is 0 Å². The highest BCUT2D eigenvalue weighted by Crippen LogP contribution is 2.66. The fourth-order valence-electron chi connectivity index (χ4n) is 6.63. The lowest BCUT2D eigenvalue weighted by Crippen LogP contribution is -2.57. The van der Waals surface area contributed by atoms with Crippen LogP contribution < -0.4 is 11.1 Å². The van der Waals surface area contributed by atoms with Crippen LogP contribution in [0.2, 0.25) is 0 Å². The summed E-state index contributed by atoms with van der Waals surface area (Å²) in [6.45, 7) is 2.12. The standard InChI is InChI=1S/C23H27N3O2S/c1-14-2-4-17(5-3-14)22-8-15-6-16(9-22)11-23(10-15,13-22)20(28)26-21-25-18(12-29-21)7-19(24)27/h2-5,12,15-16H,6-11,13H2,1H3,(H2,24,27)(H,25,26,28). The fraction of sp³-hybridized carbons (Fsp3) is 0.522. The van der Waals surface area contributed by atoms with Crippen LogP contribution in [0.15, 0.2) is 29.6 Å². The average Bonchev–Trinajstić information content (AvgIpc) is 3.07. The summed E-state index contributed by atoms with van der Waals surface area (Å²) in [5.74, 6) is 0.965. The number of thiazole rings is 1. The average molecular weight is 410 g/mol. The monoisotopic (exact) mass is 409 g/mol. The number of carbonyl (C=O) groups is 2. The number of primary amides is 1. The van der Waals surface area contributed by atoms with Crippen LogP contribution in [0, 0.1) is 24.2 Å². The Morgan fingerprint density at radius 1 is 1.17 bits per heavy atom. The molecule has 2 aromatic rings. The van der Waals surface area contributed by atoms with Gasteiger partial charge in [-0.2, -0.15) is 0 Å². The molecular formula is C23H27N3O2S. The molecule has 1 aromatic carbocycles. The van der Waals surface area contributed by atoms with E-state index in [0.717, 1.165) is 19.3 Å². The highest BCUT2D eigenvalue weighted by molar-refractivity contribution is 7.13. The molecule has 2 unspecified atom stereocenters. The van der Waals surface area contributed by atoms with E-state index in [4.69, 9.17) is 5.73 Å². The third-order valence-corrected chi connectivity index (χ3v) is 8.14. The second-order valence-electron chi connectivity index (χ2n) is 9.63. The number of hydrogen-bond donors (Lipinski definition) is 2. The summed E-state index contributed by atoms with van der Waals surface area (Å²) >= 11 is 1.37. The van der Waals surface area contributed by atoms with Crippen molar-refractivity contribution in [2.24, 2.45) is 23.0 Å².